The van der Waals surface area contributed by atoms with Gasteiger partial charge in [0.15, 0.2) is 0 Å². The first-order valence-electron chi connectivity index (χ1n) is 7.81. The van der Waals surface area contributed by atoms with Crippen molar-refractivity contribution in [2.24, 2.45) is 5.92 Å². The number of carbonyl (C=O) groups excluding carboxylic acids is 1. The van der Waals surface area contributed by atoms with Crippen LogP contribution in [0.5, 0.6) is 0 Å². The number of piperidine rings is 1. The minimum Gasteiger partial charge on any atom is -0.465 e. The monoisotopic (exact) mass is 276 g/mol. The van der Waals surface area contributed by atoms with Crippen LogP contribution in [-0.4, -0.2) is 18.0 Å². The second-order valence-electron chi connectivity index (χ2n) is 6.18. The Morgan fingerprint density at radius 1 is 1.30 bits per heavy atom. The van der Waals surface area contributed by atoms with Crippen LogP contribution in [0.15, 0.2) is 16.5 Å². The number of fused-ring (bicyclic) bond motifs is 1. The second kappa shape index (κ2) is 6.00. The van der Waals surface area contributed by atoms with Crippen molar-refractivity contribution in [3.63, 3.8) is 0 Å². The number of carbonyl (C=O) groups is 1. The van der Waals surface area contributed by atoms with Crippen molar-refractivity contribution in [3.05, 3.63) is 23.7 Å². The molecule has 2 N–H and O–H groups in total. The van der Waals surface area contributed by atoms with Gasteiger partial charge in [-0.2, -0.15) is 0 Å². The van der Waals surface area contributed by atoms with E-state index in [1.807, 2.05) is 19.1 Å². The zero-order valence-electron chi connectivity index (χ0n) is 12.2. The predicted octanol–water partition coefficient (Wildman–Crippen LogP) is 2.52. The van der Waals surface area contributed by atoms with Crippen LogP contribution in [0.2, 0.25) is 0 Å². The Bertz CT molecular complexity index is 469. The maximum atomic E-state index is 12.2. The molecule has 1 saturated carbocycles. The van der Waals surface area contributed by atoms with Gasteiger partial charge in [0.1, 0.15) is 11.5 Å². The summed E-state index contributed by atoms with van der Waals surface area (Å²) in [5.41, 5.74) is 0. The Morgan fingerprint density at radius 2 is 2.15 bits per heavy atom. The third-order valence-electron chi connectivity index (χ3n) is 4.70. The zero-order valence-corrected chi connectivity index (χ0v) is 12.2. The molecule has 1 saturated heterocycles. The van der Waals surface area contributed by atoms with Crippen LogP contribution >= 0.6 is 0 Å². The molecule has 2 heterocycles. The van der Waals surface area contributed by atoms with Gasteiger partial charge in [-0.25, -0.2) is 0 Å². The van der Waals surface area contributed by atoms with Gasteiger partial charge >= 0.3 is 0 Å². The molecular formula is C16H24N2O2. The minimum atomic E-state index is -0.0228. The summed E-state index contributed by atoms with van der Waals surface area (Å²) in [6.07, 6.45) is 7.37. The van der Waals surface area contributed by atoms with Gasteiger partial charge in [-0.15, -0.1) is 0 Å². The van der Waals surface area contributed by atoms with Gasteiger partial charge in [0.25, 0.3) is 0 Å². The molecule has 0 radical (unpaired) electrons. The van der Waals surface area contributed by atoms with Crippen LogP contribution in [-0.2, 0) is 11.3 Å². The van der Waals surface area contributed by atoms with E-state index in [1.54, 1.807) is 0 Å². The Hall–Kier alpha value is -1.29. The number of hydrogen-bond donors (Lipinski definition) is 2. The van der Waals surface area contributed by atoms with Crippen molar-refractivity contribution in [1.29, 1.82) is 0 Å². The third kappa shape index (κ3) is 3.06. The Kier molecular flexibility index (Phi) is 4.10. The molecule has 2 aliphatic rings. The van der Waals surface area contributed by atoms with Crippen LogP contribution in [0.4, 0.5) is 0 Å². The molecule has 0 aromatic carbocycles. The fourth-order valence-corrected chi connectivity index (χ4v) is 3.58. The van der Waals surface area contributed by atoms with Gasteiger partial charge in [0, 0.05) is 6.04 Å². The minimum absolute atomic E-state index is 0.0228. The Labute approximate surface area is 120 Å². The maximum absolute atomic E-state index is 12.2. The van der Waals surface area contributed by atoms with Crippen molar-refractivity contribution in [3.8, 4) is 0 Å². The van der Waals surface area contributed by atoms with Crippen molar-refractivity contribution >= 4 is 5.91 Å². The summed E-state index contributed by atoms with van der Waals surface area (Å²) in [5, 5.41) is 6.54. The number of aryl methyl sites for hydroxylation is 1. The first-order valence-corrected chi connectivity index (χ1v) is 7.81. The van der Waals surface area contributed by atoms with E-state index in [2.05, 4.69) is 10.6 Å². The highest BCUT2D eigenvalue weighted by Gasteiger charge is 2.34. The summed E-state index contributed by atoms with van der Waals surface area (Å²) in [6, 6.07) is 4.37. The van der Waals surface area contributed by atoms with Gasteiger partial charge < -0.3 is 15.1 Å². The number of furan rings is 1. The van der Waals surface area contributed by atoms with Gasteiger partial charge in [0.05, 0.1) is 12.6 Å². The molecule has 20 heavy (non-hydrogen) atoms. The molecule has 1 amide bonds. The molecule has 1 aromatic heterocycles. The fraction of sp³-hybridized carbons (Fsp3) is 0.688. The molecule has 3 atom stereocenters. The molecule has 0 bridgehead atoms. The molecule has 1 aromatic rings. The van der Waals surface area contributed by atoms with Gasteiger partial charge in [-0.3, -0.25) is 4.79 Å². The van der Waals surface area contributed by atoms with E-state index in [0.29, 0.717) is 12.6 Å². The number of rotatable bonds is 3. The van der Waals surface area contributed by atoms with Crippen LogP contribution in [0.1, 0.15) is 50.0 Å². The van der Waals surface area contributed by atoms with Crippen molar-refractivity contribution in [1.82, 2.24) is 10.6 Å². The summed E-state index contributed by atoms with van der Waals surface area (Å²) in [4.78, 5) is 12.2. The van der Waals surface area contributed by atoms with E-state index in [0.717, 1.165) is 23.9 Å². The Balaban J connectivity index is 1.50. The highest BCUT2D eigenvalue weighted by atomic mass is 16.3. The topological polar surface area (TPSA) is 54.3 Å². The van der Waals surface area contributed by atoms with E-state index in [9.17, 15) is 4.79 Å². The molecule has 3 rings (SSSR count). The third-order valence-corrected chi connectivity index (χ3v) is 4.70. The molecule has 4 heteroatoms. The lowest BCUT2D eigenvalue weighted by atomic mass is 9.77. The van der Waals surface area contributed by atoms with Crippen molar-refractivity contribution in [2.45, 2.75) is 64.1 Å². The standard InChI is InChI=1S/C16H24N2O2/c1-11-6-8-13(20-11)10-17-16(19)15-9-7-12-4-2-3-5-14(12)18-15/h6,8,12,14-15,18H,2-5,7,9-10H2,1H3,(H,17,19). The number of hydrogen-bond acceptors (Lipinski definition) is 3. The van der Waals surface area contributed by atoms with Gasteiger partial charge in [-0.05, 0) is 50.7 Å². The molecule has 1 aliphatic carbocycles. The SMILES string of the molecule is Cc1ccc(CNC(=O)C2CCC3CCCCC3N2)o1. The van der Waals surface area contributed by atoms with Crippen LogP contribution in [0.25, 0.3) is 0 Å². The summed E-state index contributed by atoms with van der Waals surface area (Å²) >= 11 is 0. The lowest BCUT2D eigenvalue weighted by molar-refractivity contribution is -0.124. The van der Waals surface area contributed by atoms with Gasteiger partial charge in [-0.1, -0.05) is 12.8 Å². The first-order chi connectivity index (χ1) is 9.72. The smallest absolute Gasteiger partial charge is 0.237 e. The quantitative estimate of drug-likeness (QED) is 0.892. The van der Waals surface area contributed by atoms with Crippen molar-refractivity contribution in [2.75, 3.05) is 0 Å². The van der Waals surface area contributed by atoms with Crippen LogP contribution < -0.4 is 10.6 Å². The van der Waals surface area contributed by atoms with E-state index >= 15 is 0 Å². The van der Waals surface area contributed by atoms with Gasteiger partial charge in [0.2, 0.25) is 5.91 Å². The summed E-state index contributed by atoms with van der Waals surface area (Å²) in [6.45, 7) is 2.40. The molecule has 1 aliphatic heterocycles. The average molecular weight is 276 g/mol. The normalized spacial score (nSPS) is 29.8. The molecule has 4 nitrogen and oxygen atoms in total. The first kappa shape index (κ1) is 13.7. The lowest BCUT2D eigenvalue weighted by Gasteiger charge is -2.39. The zero-order chi connectivity index (χ0) is 13.9. The highest BCUT2D eigenvalue weighted by Crippen LogP contribution is 2.32. The average Bonchev–Trinajstić information content (AvgIpc) is 2.90. The van der Waals surface area contributed by atoms with E-state index < -0.39 is 0 Å². The molecule has 110 valence electrons. The maximum Gasteiger partial charge on any atom is 0.237 e. The number of amides is 1. The molecule has 0 spiro atoms. The summed E-state index contributed by atoms with van der Waals surface area (Å²) in [5.74, 6) is 2.61. The highest BCUT2D eigenvalue weighted by molar-refractivity contribution is 5.81. The second-order valence-corrected chi connectivity index (χ2v) is 6.18. The van der Waals surface area contributed by atoms with Crippen LogP contribution in [0, 0.1) is 12.8 Å². The summed E-state index contributed by atoms with van der Waals surface area (Å²) < 4.78 is 5.47. The lowest BCUT2D eigenvalue weighted by Crippen LogP contribution is -2.54. The van der Waals surface area contributed by atoms with Crippen LogP contribution in [0.3, 0.4) is 0 Å². The fourth-order valence-electron chi connectivity index (χ4n) is 3.58. The van der Waals surface area contributed by atoms with E-state index in [4.69, 9.17) is 4.42 Å². The predicted molar refractivity (Wildman–Crippen MR) is 77.2 cm³/mol. The Morgan fingerprint density at radius 3 is 2.95 bits per heavy atom. The number of nitrogens with one attached hydrogen (secondary N) is 2. The molecular weight excluding hydrogens is 252 g/mol. The largest absolute Gasteiger partial charge is 0.465 e. The van der Waals surface area contributed by atoms with E-state index in [-0.39, 0.29) is 11.9 Å². The molecule has 2 fully saturated rings. The summed E-state index contributed by atoms with van der Waals surface area (Å²) in [7, 11) is 0. The molecule has 3 unspecified atom stereocenters. The van der Waals surface area contributed by atoms with Crippen molar-refractivity contribution < 1.29 is 9.21 Å². The van der Waals surface area contributed by atoms with E-state index in [1.165, 1.54) is 32.1 Å².